The summed E-state index contributed by atoms with van der Waals surface area (Å²) in [5.41, 5.74) is 1.02. The van der Waals surface area contributed by atoms with Gasteiger partial charge in [0.25, 0.3) is 0 Å². The molecular formula is C24H38O5. The van der Waals surface area contributed by atoms with Crippen molar-refractivity contribution in [1.82, 2.24) is 0 Å². The first-order chi connectivity index (χ1) is 13.6. The molecule has 0 radical (unpaired) electrons. The number of carboxylic acid groups (broad SMARTS) is 2. The van der Waals surface area contributed by atoms with Gasteiger partial charge in [0.1, 0.15) is 0 Å². The number of hydrogen-bond donors (Lipinski definition) is 2. The van der Waals surface area contributed by atoms with E-state index in [4.69, 9.17) is 9.84 Å². The molecule has 5 atom stereocenters. The summed E-state index contributed by atoms with van der Waals surface area (Å²) in [5.74, 6) is 0.355. The van der Waals surface area contributed by atoms with Crippen LogP contribution >= 0.6 is 0 Å². The summed E-state index contributed by atoms with van der Waals surface area (Å²) < 4.78 is 6.15. The molecule has 29 heavy (non-hydrogen) atoms. The molecule has 1 rings (SSSR count). The van der Waals surface area contributed by atoms with Crippen LogP contribution in [0.3, 0.4) is 0 Å². The number of aliphatic carboxylic acids is 2. The normalized spacial score (nSPS) is 25.8. The van der Waals surface area contributed by atoms with Crippen molar-refractivity contribution >= 4 is 11.9 Å². The lowest BCUT2D eigenvalue weighted by molar-refractivity contribution is -0.136. The molecule has 0 amide bonds. The van der Waals surface area contributed by atoms with Crippen molar-refractivity contribution in [2.45, 2.75) is 72.8 Å². The van der Waals surface area contributed by atoms with Crippen molar-refractivity contribution in [2.75, 3.05) is 6.61 Å². The van der Waals surface area contributed by atoms with Gasteiger partial charge in [0.2, 0.25) is 0 Å². The Hall–Kier alpha value is -1.88. The average Bonchev–Trinajstić information content (AvgIpc) is 2.63. The Morgan fingerprint density at radius 3 is 2.45 bits per heavy atom. The number of hydrogen-bond acceptors (Lipinski definition) is 3. The Morgan fingerprint density at radius 2 is 1.90 bits per heavy atom. The van der Waals surface area contributed by atoms with Gasteiger partial charge in [-0.05, 0) is 67.6 Å². The van der Waals surface area contributed by atoms with Crippen LogP contribution in [0.4, 0.5) is 0 Å². The van der Waals surface area contributed by atoms with E-state index in [1.54, 1.807) is 6.08 Å². The quantitative estimate of drug-likeness (QED) is 0.351. The van der Waals surface area contributed by atoms with E-state index >= 15 is 0 Å². The summed E-state index contributed by atoms with van der Waals surface area (Å²) in [4.78, 5) is 22.1. The monoisotopic (exact) mass is 406 g/mol. The maximum atomic E-state index is 11.5. The first-order valence-electron chi connectivity index (χ1n) is 10.8. The predicted molar refractivity (Wildman–Crippen MR) is 116 cm³/mol. The molecule has 2 N–H and O–H groups in total. The van der Waals surface area contributed by atoms with E-state index in [0.717, 1.165) is 24.5 Å². The molecule has 0 aliphatic carbocycles. The van der Waals surface area contributed by atoms with E-state index < -0.39 is 11.9 Å². The molecule has 0 saturated carbocycles. The predicted octanol–water partition coefficient (Wildman–Crippen LogP) is 5.48. The van der Waals surface area contributed by atoms with Crippen LogP contribution in [0.5, 0.6) is 0 Å². The van der Waals surface area contributed by atoms with Crippen molar-refractivity contribution in [3.8, 4) is 0 Å². The van der Waals surface area contributed by atoms with E-state index in [9.17, 15) is 14.7 Å². The van der Waals surface area contributed by atoms with Gasteiger partial charge in [-0.1, -0.05) is 46.3 Å². The second kappa shape index (κ2) is 12.6. The Morgan fingerprint density at radius 1 is 1.21 bits per heavy atom. The van der Waals surface area contributed by atoms with Gasteiger partial charge in [-0.3, -0.25) is 4.79 Å². The fourth-order valence-electron chi connectivity index (χ4n) is 4.23. The molecule has 0 aromatic heterocycles. The molecule has 0 unspecified atom stereocenters. The maximum Gasteiger partial charge on any atom is 0.335 e. The number of carbonyl (C=O) groups is 2. The van der Waals surface area contributed by atoms with Crippen LogP contribution in [0.1, 0.15) is 66.7 Å². The van der Waals surface area contributed by atoms with E-state index in [1.165, 1.54) is 37.5 Å². The van der Waals surface area contributed by atoms with Gasteiger partial charge in [-0.2, -0.15) is 0 Å². The SMILES string of the molecule is CC[C@H](C)C[C@H](C)C[C@@H]1CO[C@@H](\C(C)=C/C(=C/C=C/CC(=O)O)C(=O)O)[C@H](C)C1. The standard InChI is InChI=1S/C24H38O5/c1-6-16(2)11-17(3)12-20-13-18(4)23(29-15-20)19(5)14-21(24(27)28)9-7-8-10-22(25)26/h7-9,14,16-18,20,23H,6,10-13,15H2,1-5H3,(H,25,26)(H,27,28)/b8-7+,19-14-,21-9-/t16-,17-,18+,20-,23+/m0/s1. The van der Waals surface area contributed by atoms with Gasteiger partial charge < -0.3 is 14.9 Å². The molecule has 1 saturated heterocycles. The highest BCUT2D eigenvalue weighted by atomic mass is 16.5. The van der Waals surface area contributed by atoms with E-state index in [-0.39, 0.29) is 18.1 Å². The van der Waals surface area contributed by atoms with Crippen LogP contribution in [0, 0.1) is 23.7 Å². The molecule has 0 bridgehead atoms. The number of ether oxygens (including phenoxy) is 1. The molecule has 1 aliphatic rings. The van der Waals surface area contributed by atoms with Gasteiger partial charge in [-0.25, -0.2) is 4.79 Å². The van der Waals surface area contributed by atoms with Crippen LogP contribution in [0.25, 0.3) is 0 Å². The van der Waals surface area contributed by atoms with Crippen molar-refractivity contribution in [1.29, 1.82) is 0 Å². The van der Waals surface area contributed by atoms with Crippen LogP contribution in [0.15, 0.2) is 35.5 Å². The molecule has 0 aromatic rings. The third-order valence-corrected chi connectivity index (χ3v) is 5.75. The second-order valence-electron chi connectivity index (χ2n) is 8.76. The van der Waals surface area contributed by atoms with Gasteiger partial charge in [0.15, 0.2) is 0 Å². The summed E-state index contributed by atoms with van der Waals surface area (Å²) in [6.45, 7) is 11.7. The van der Waals surface area contributed by atoms with Crippen molar-refractivity contribution < 1.29 is 24.5 Å². The minimum atomic E-state index is -1.04. The zero-order chi connectivity index (χ0) is 22.0. The third-order valence-electron chi connectivity index (χ3n) is 5.75. The molecule has 0 aromatic carbocycles. The second-order valence-corrected chi connectivity index (χ2v) is 8.76. The number of carboxylic acids is 2. The summed E-state index contributed by atoms with van der Waals surface area (Å²) >= 11 is 0. The lowest BCUT2D eigenvalue weighted by Crippen LogP contribution is -2.34. The van der Waals surface area contributed by atoms with E-state index in [2.05, 4.69) is 27.7 Å². The minimum Gasteiger partial charge on any atom is -0.481 e. The van der Waals surface area contributed by atoms with Crippen LogP contribution in [0.2, 0.25) is 0 Å². The summed E-state index contributed by atoms with van der Waals surface area (Å²) in [6.07, 6.45) is 10.5. The molecule has 0 spiro atoms. The fourth-order valence-corrected chi connectivity index (χ4v) is 4.23. The largest absolute Gasteiger partial charge is 0.481 e. The highest BCUT2D eigenvalue weighted by molar-refractivity contribution is 5.90. The zero-order valence-corrected chi connectivity index (χ0v) is 18.6. The van der Waals surface area contributed by atoms with Gasteiger partial charge >= 0.3 is 11.9 Å². The summed E-state index contributed by atoms with van der Waals surface area (Å²) in [5, 5.41) is 18.1. The van der Waals surface area contributed by atoms with Crippen molar-refractivity contribution in [2.24, 2.45) is 23.7 Å². The average molecular weight is 407 g/mol. The Bertz CT molecular complexity index is 631. The molecule has 5 heteroatoms. The first kappa shape index (κ1) is 25.2. The zero-order valence-electron chi connectivity index (χ0n) is 18.6. The van der Waals surface area contributed by atoms with E-state index in [1.807, 2.05) is 6.92 Å². The molecule has 1 aliphatic heterocycles. The molecular weight excluding hydrogens is 368 g/mol. The molecule has 1 fully saturated rings. The Balaban J connectivity index is 2.71. The summed E-state index contributed by atoms with van der Waals surface area (Å²) in [6, 6.07) is 0. The highest BCUT2D eigenvalue weighted by Crippen LogP contribution is 2.34. The van der Waals surface area contributed by atoms with Gasteiger partial charge in [0.05, 0.1) is 24.7 Å². The highest BCUT2D eigenvalue weighted by Gasteiger charge is 2.30. The van der Waals surface area contributed by atoms with Gasteiger partial charge in [0, 0.05) is 0 Å². The van der Waals surface area contributed by atoms with Crippen LogP contribution in [-0.4, -0.2) is 34.9 Å². The molecule has 164 valence electrons. The van der Waals surface area contributed by atoms with Crippen molar-refractivity contribution in [3.63, 3.8) is 0 Å². The minimum absolute atomic E-state index is 0.0816. The lowest BCUT2D eigenvalue weighted by Gasteiger charge is -2.36. The number of rotatable bonds is 11. The lowest BCUT2D eigenvalue weighted by atomic mass is 9.80. The maximum absolute atomic E-state index is 11.5. The smallest absolute Gasteiger partial charge is 0.335 e. The topological polar surface area (TPSA) is 83.8 Å². The summed E-state index contributed by atoms with van der Waals surface area (Å²) in [7, 11) is 0. The van der Waals surface area contributed by atoms with Crippen LogP contribution < -0.4 is 0 Å². The molecule has 1 heterocycles. The van der Waals surface area contributed by atoms with Crippen molar-refractivity contribution in [3.05, 3.63) is 35.5 Å². The van der Waals surface area contributed by atoms with E-state index in [0.29, 0.717) is 17.8 Å². The van der Waals surface area contributed by atoms with Crippen LogP contribution in [-0.2, 0) is 14.3 Å². The Labute approximate surface area is 175 Å². The third kappa shape index (κ3) is 9.44. The van der Waals surface area contributed by atoms with Gasteiger partial charge in [-0.15, -0.1) is 0 Å². The number of allylic oxidation sites excluding steroid dienone is 2. The Kier molecular flexibility index (Phi) is 11.0. The fraction of sp³-hybridized carbons (Fsp3) is 0.667. The molecule has 5 nitrogen and oxygen atoms in total. The first-order valence-corrected chi connectivity index (χ1v) is 10.8.